The Kier molecular flexibility index (Phi) is 22.0. The van der Waals surface area contributed by atoms with E-state index in [2.05, 4.69) is 6.92 Å². The fourth-order valence-corrected chi connectivity index (χ4v) is 2.32. The van der Waals surface area contributed by atoms with Crippen molar-refractivity contribution in [3.8, 4) is 0 Å². The number of amides is 1. The van der Waals surface area contributed by atoms with Gasteiger partial charge in [0.15, 0.2) is 0 Å². The van der Waals surface area contributed by atoms with Crippen LogP contribution < -0.4 is 5.73 Å². The van der Waals surface area contributed by atoms with Gasteiger partial charge in [-0.2, -0.15) is 0 Å². The topological polar surface area (TPSA) is 80.4 Å². The number of rotatable bonds is 15. The van der Waals surface area contributed by atoms with Crippen molar-refractivity contribution in [1.29, 1.82) is 0 Å². The van der Waals surface area contributed by atoms with E-state index in [0.29, 0.717) is 6.42 Å². The summed E-state index contributed by atoms with van der Waals surface area (Å²) in [5, 5.41) is 7.72. The Labute approximate surface area is 143 Å². The first-order valence-electron chi connectivity index (χ1n) is 9.54. The Balaban J connectivity index is 0. The molecule has 23 heavy (non-hydrogen) atoms. The minimum atomic E-state index is -0.745. The quantitative estimate of drug-likeness (QED) is 0.393. The summed E-state index contributed by atoms with van der Waals surface area (Å²) in [5.74, 6) is -0.900. The lowest BCUT2D eigenvalue weighted by molar-refractivity contribution is -0.136. The molecule has 0 fully saturated rings. The number of hydrogen-bond donors (Lipinski definition) is 2. The van der Waals surface area contributed by atoms with Crippen molar-refractivity contribution in [1.82, 2.24) is 0 Å². The molecule has 4 heteroatoms. The van der Waals surface area contributed by atoms with Crippen molar-refractivity contribution >= 4 is 11.9 Å². The van der Waals surface area contributed by atoms with Crippen LogP contribution in [-0.4, -0.2) is 17.0 Å². The van der Waals surface area contributed by atoms with Crippen LogP contribution in [0, 0.1) is 0 Å². The zero-order valence-corrected chi connectivity index (χ0v) is 15.4. The number of carboxylic acid groups (broad SMARTS) is 1. The van der Waals surface area contributed by atoms with Crippen molar-refractivity contribution < 1.29 is 14.7 Å². The van der Waals surface area contributed by atoms with Crippen LogP contribution in [0.3, 0.4) is 0 Å². The van der Waals surface area contributed by atoms with Crippen LogP contribution in [-0.2, 0) is 9.59 Å². The summed E-state index contributed by atoms with van der Waals surface area (Å²) < 4.78 is 0. The molecule has 0 aliphatic heterocycles. The van der Waals surface area contributed by atoms with E-state index in [1.807, 2.05) is 0 Å². The van der Waals surface area contributed by atoms with Gasteiger partial charge >= 0.3 is 5.97 Å². The van der Waals surface area contributed by atoms with Gasteiger partial charge in [-0.25, -0.2) is 0 Å². The number of aliphatic carboxylic acids is 1. The second kappa shape index (κ2) is 20.9. The van der Waals surface area contributed by atoms with Crippen LogP contribution in [0.2, 0.25) is 0 Å². The predicted molar refractivity (Wildman–Crippen MR) is 97.4 cm³/mol. The Hall–Kier alpha value is -1.06. The lowest BCUT2D eigenvalue weighted by atomic mass is 10.0. The summed E-state index contributed by atoms with van der Waals surface area (Å²) in [4.78, 5) is 19.9. The summed E-state index contributed by atoms with van der Waals surface area (Å²) in [6.07, 6.45) is 18.2. The van der Waals surface area contributed by atoms with E-state index < -0.39 is 5.97 Å². The SMILES string of the molecule is CCC(=O)O.CCCCCCCCCCCCCCCC(N)=O. The molecule has 1 amide bonds. The summed E-state index contributed by atoms with van der Waals surface area (Å²) in [6, 6.07) is 0. The van der Waals surface area contributed by atoms with Crippen LogP contribution >= 0.6 is 0 Å². The van der Waals surface area contributed by atoms with Gasteiger partial charge in [0.25, 0.3) is 0 Å². The van der Waals surface area contributed by atoms with E-state index in [4.69, 9.17) is 10.8 Å². The van der Waals surface area contributed by atoms with Gasteiger partial charge in [-0.1, -0.05) is 90.9 Å². The molecular weight excluding hydrogens is 290 g/mol. The minimum absolute atomic E-state index is 0.155. The highest BCUT2D eigenvalue weighted by Crippen LogP contribution is 2.12. The number of carboxylic acids is 1. The minimum Gasteiger partial charge on any atom is -0.481 e. The number of carbonyl (C=O) groups is 2. The van der Waals surface area contributed by atoms with Gasteiger partial charge in [0.1, 0.15) is 0 Å². The highest BCUT2D eigenvalue weighted by Gasteiger charge is 1.95. The first-order valence-corrected chi connectivity index (χ1v) is 9.54. The Morgan fingerprint density at radius 3 is 1.26 bits per heavy atom. The normalized spacial score (nSPS) is 10.0. The Morgan fingerprint density at radius 2 is 1.00 bits per heavy atom. The zero-order valence-electron chi connectivity index (χ0n) is 15.4. The molecule has 0 atom stereocenters. The summed E-state index contributed by atoms with van der Waals surface area (Å²) in [7, 11) is 0. The molecule has 0 spiro atoms. The monoisotopic (exact) mass is 329 g/mol. The van der Waals surface area contributed by atoms with Crippen molar-refractivity contribution in [2.45, 2.75) is 110 Å². The van der Waals surface area contributed by atoms with Crippen LogP contribution in [0.15, 0.2) is 0 Å². The number of primary amides is 1. The first-order chi connectivity index (χ1) is 11.0. The first kappa shape index (κ1) is 24.2. The number of hydrogen-bond acceptors (Lipinski definition) is 2. The smallest absolute Gasteiger partial charge is 0.303 e. The lowest BCUT2D eigenvalue weighted by Gasteiger charge is -2.02. The third-order valence-corrected chi connectivity index (χ3v) is 3.83. The van der Waals surface area contributed by atoms with Gasteiger partial charge < -0.3 is 10.8 Å². The van der Waals surface area contributed by atoms with E-state index >= 15 is 0 Å². The van der Waals surface area contributed by atoms with Crippen LogP contribution in [0.1, 0.15) is 110 Å². The maximum Gasteiger partial charge on any atom is 0.303 e. The van der Waals surface area contributed by atoms with Crippen LogP contribution in [0.25, 0.3) is 0 Å². The largest absolute Gasteiger partial charge is 0.481 e. The van der Waals surface area contributed by atoms with Crippen molar-refractivity contribution in [3.63, 3.8) is 0 Å². The van der Waals surface area contributed by atoms with Gasteiger partial charge in [0.05, 0.1) is 0 Å². The Morgan fingerprint density at radius 1 is 0.696 bits per heavy atom. The molecule has 0 aliphatic carbocycles. The number of unbranched alkanes of at least 4 members (excludes halogenated alkanes) is 12. The average Bonchev–Trinajstić information content (AvgIpc) is 2.52. The summed E-state index contributed by atoms with van der Waals surface area (Å²) in [6.45, 7) is 3.87. The number of carbonyl (C=O) groups excluding carboxylic acids is 1. The molecular formula is C19H39NO3. The third-order valence-electron chi connectivity index (χ3n) is 3.83. The molecule has 0 bridgehead atoms. The second-order valence-corrected chi connectivity index (χ2v) is 6.21. The molecule has 0 radical (unpaired) electrons. The molecule has 0 aromatic rings. The molecule has 0 saturated heterocycles. The highest BCUT2D eigenvalue weighted by molar-refractivity contribution is 5.73. The maximum atomic E-state index is 10.5. The molecule has 0 aromatic carbocycles. The molecule has 138 valence electrons. The molecule has 0 rings (SSSR count). The molecule has 0 saturated carbocycles. The fourth-order valence-electron chi connectivity index (χ4n) is 2.32. The predicted octanol–water partition coefficient (Wildman–Crippen LogP) is 5.43. The molecule has 4 nitrogen and oxygen atoms in total. The molecule has 3 N–H and O–H groups in total. The molecule has 0 heterocycles. The number of nitrogens with two attached hydrogens (primary N) is 1. The van der Waals surface area contributed by atoms with E-state index in [9.17, 15) is 9.59 Å². The Bertz CT molecular complexity index is 267. The van der Waals surface area contributed by atoms with Crippen molar-refractivity contribution in [3.05, 3.63) is 0 Å². The highest BCUT2D eigenvalue weighted by atomic mass is 16.4. The van der Waals surface area contributed by atoms with E-state index in [1.54, 1.807) is 6.92 Å². The van der Waals surface area contributed by atoms with E-state index in [0.717, 1.165) is 6.42 Å². The molecule has 0 aliphatic rings. The van der Waals surface area contributed by atoms with Gasteiger partial charge in [-0.05, 0) is 6.42 Å². The average molecular weight is 330 g/mol. The van der Waals surface area contributed by atoms with Gasteiger partial charge in [0.2, 0.25) is 5.91 Å². The lowest BCUT2D eigenvalue weighted by Crippen LogP contribution is -2.09. The zero-order chi connectivity index (χ0) is 17.8. The van der Waals surface area contributed by atoms with Crippen LogP contribution in [0.4, 0.5) is 0 Å². The third kappa shape index (κ3) is 29.6. The summed E-state index contributed by atoms with van der Waals surface area (Å²) in [5.41, 5.74) is 5.09. The van der Waals surface area contributed by atoms with E-state index in [1.165, 1.54) is 77.0 Å². The summed E-state index contributed by atoms with van der Waals surface area (Å²) >= 11 is 0. The van der Waals surface area contributed by atoms with Gasteiger partial charge in [0, 0.05) is 12.8 Å². The standard InChI is InChI=1S/C16H33NO.C3H6O2/c1-2-3-4-5-6-7-8-9-10-11-12-13-14-15-16(17)18;1-2-3(4)5/h2-15H2,1H3,(H2,17,18);2H2,1H3,(H,4,5). The second-order valence-electron chi connectivity index (χ2n) is 6.21. The molecule has 0 aromatic heterocycles. The van der Waals surface area contributed by atoms with E-state index in [-0.39, 0.29) is 12.3 Å². The van der Waals surface area contributed by atoms with Crippen LogP contribution in [0.5, 0.6) is 0 Å². The maximum absolute atomic E-state index is 10.5. The fraction of sp³-hybridized carbons (Fsp3) is 0.895. The van der Waals surface area contributed by atoms with Gasteiger partial charge in [-0.15, -0.1) is 0 Å². The van der Waals surface area contributed by atoms with Crippen molar-refractivity contribution in [2.75, 3.05) is 0 Å². The van der Waals surface area contributed by atoms with Gasteiger partial charge in [-0.3, -0.25) is 9.59 Å². The molecule has 0 unspecified atom stereocenters. The van der Waals surface area contributed by atoms with Crippen molar-refractivity contribution in [2.24, 2.45) is 5.73 Å².